The van der Waals surface area contributed by atoms with Crippen LogP contribution in [-0.2, 0) is 26.1 Å². The van der Waals surface area contributed by atoms with E-state index in [9.17, 15) is 9.59 Å². The maximum Gasteiger partial charge on any atom is 0.261 e. The fraction of sp³-hybridized carbons (Fsp3) is 0.171. The number of ether oxygens (including phenoxy) is 2. The summed E-state index contributed by atoms with van der Waals surface area (Å²) in [5, 5.41) is 3.22. The van der Waals surface area contributed by atoms with Crippen LogP contribution in [0.25, 0.3) is 0 Å². The Kier molecular flexibility index (Phi) is 8.08. The molecule has 0 radical (unpaired) electrons. The van der Waals surface area contributed by atoms with Crippen LogP contribution in [0, 0.1) is 0 Å². The third-order valence-corrected chi connectivity index (χ3v) is 9.47. The van der Waals surface area contributed by atoms with Gasteiger partial charge in [-0.15, -0.1) is 0 Å². The second-order valence-electron chi connectivity index (χ2n) is 12.6. The predicted octanol–water partition coefficient (Wildman–Crippen LogP) is 7.71. The predicted molar refractivity (Wildman–Crippen MR) is 197 cm³/mol. The molecular weight excluding hydrogens is 626 g/mol. The molecule has 3 heterocycles. The molecule has 5 aromatic rings. The monoisotopic (exact) mass is 661 g/mol. The van der Waals surface area contributed by atoms with Gasteiger partial charge in [-0.05, 0) is 90.0 Å². The number of fused-ring (bicyclic) bond motifs is 5. The summed E-state index contributed by atoms with van der Waals surface area (Å²) in [5.41, 5.74) is 9.13. The molecule has 0 bridgehead atoms. The molecule has 0 fully saturated rings. The van der Waals surface area contributed by atoms with E-state index in [1.54, 1.807) is 29.2 Å². The number of amides is 2. The van der Waals surface area contributed by atoms with Crippen LogP contribution in [0.1, 0.15) is 43.0 Å². The van der Waals surface area contributed by atoms with E-state index in [0.29, 0.717) is 53.8 Å². The molecule has 3 aliphatic rings. The van der Waals surface area contributed by atoms with Crippen LogP contribution in [0.2, 0.25) is 0 Å². The number of carbonyl (C=O) groups excluding carboxylic acids is 2. The zero-order valence-electron chi connectivity index (χ0n) is 27.6. The average Bonchev–Trinajstić information content (AvgIpc) is 3.73. The van der Waals surface area contributed by atoms with Gasteiger partial charge in [-0.3, -0.25) is 24.5 Å². The lowest BCUT2D eigenvalue weighted by Crippen LogP contribution is -2.37. The highest BCUT2D eigenvalue weighted by molar-refractivity contribution is 6.14. The molecule has 9 heteroatoms. The van der Waals surface area contributed by atoms with E-state index >= 15 is 0 Å². The van der Waals surface area contributed by atoms with E-state index in [-0.39, 0.29) is 17.9 Å². The van der Waals surface area contributed by atoms with Gasteiger partial charge in [0.05, 0.1) is 28.5 Å². The fourth-order valence-electron chi connectivity index (χ4n) is 6.99. The minimum Gasteiger partial charge on any atom is -0.489 e. The number of anilines is 3. The number of aliphatic imine (C=N–C) groups is 2. The number of nitrogens with zero attached hydrogens (tertiary/aromatic N) is 4. The molecule has 248 valence electrons. The third kappa shape index (κ3) is 5.77. The Labute approximate surface area is 290 Å². The number of carbonyl (C=O) groups is 2. The number of hydrogen-bond acceptors (Lipinski definition) is 7. The molecule has 1 N–H and O–H groups in total. The highest BCUT2D eigenvalue weighted by Crippen LogP contribution is 2.38. The van der Waals surface area contributed by atoms with Gasteiger partial charge in [0.1, 0.15) is 24.7 Å². The van der Waals surface area contributed by atoms with Gasteiger partial charge in [-0.25, -0.2) is 0 Å². The van der Waals surface area contributed by atoms with E-state index < -0.39 is 0 Å². The number of para-hydroxylation sites is 2. The molecule has 3 aliphatic heterocycles. The van der Waals surface area contributed by atoms with Gasteiger partial charge >= 0.3 is 0 Å². The average molecular weight is 662 g/mol. The highest BCUT2D eigenvalue weighted by Gasteiger charge is 2.36. The Bertz CT molecular complexity index is 2190. The molecule has 2 amide bonds. The summed E-state index contributed by atoms with van der Waals surface area (Å²) in [7, 11) is 1.87. The second-order valence-corrected chi connectivity index (χ2v) is 12.6. The van der Waals surface area contributed by atoms with Crippen LogP contribution < -0.4 is 24.6 Å². The molecule has 0 spiro atoms. The van der Waals surface area contributed by atoms with Gasteiger partial charge in [0, 0.05) is 55.4 Å². The van der Waals surface area contributed by atoms with Crippen LogP contribution in [-0.4, -0.2) is 44.4 Å². The van der Waals surface area contributed by atoms with Gasteiger partial charge in [-0.1, -0.05) is 36.4 Å². The zero-order valence-corrected chi connectivity index (χ0v) is 27.6. The largest absolute Gasteiger partial charge is 0.489 e. The summed E-state index contributed by atoms with van der Waals surface area (Å²) in [6, 6.07) is 32.7. The van der Waals surface area contributed by atoms with Gasteiger partial charge in [-0.2, -0.15) is 0 Å². The van der Waals surface area contributed by atoms with Crippen molar-refractivity contribution >= 4 is 53.2 Å². The molecule has 0 aromatic heterocycles. The lowest BCUT2D eigenvalue weighted by atomic mass is 10.1. The van der Waals surface area contributed by atoms with E-state index in [4.69, 9.17) is 14.5 Å². The molecule has 8 rings (SSSR count). The molecule has 5 aromatic carbocycles. The first kappa shape index (κ1) is 31.1. The Morgan fingerprint density at radius 3 is 2.34 bits per heavy atom. The van der Waals surface area contributed by atoms with Crippen LogP contribution in [0.3, 0.4) is 0 Å². The lowest BCUT2D eigenvalue weighted by Gasteiger charge is -2.21. The Hall–Kier alpha value is -6.22. The van der Waals surface area contributed by atoms with Crippen molar-refractivity contribution in [2.75, 3.05) is 28.7 Å². The molecule has 0 unspecified atom stereocenters. The topological polar surface area (TPSA) is 95.8 Å². The first-order valence-electron chi connectivity index (χ1n) is 16.7. The maximum absolute atomic E-state index is 13.6. The Morgan fingerprint density at radius 1 is 0.880 bits per heavy atom. The van der Waals surface area contributed by atoms with Crippen molar-refractivity contribution in [1.82, 2.24) is 0 Å². The standard InChI is InChI=1S/C41H35N5O4/c1-42-30-18-26(24-49-32-11-13-34(36(21-32)43-2)40(47)45-16-15-28-7-3-5-9-38(28)45)17-27(19-30)25-50-33-12-14-35-37(22-33)44-23-31-20-29-8-4-6-10-39(29)46(31)41(35)48/h3-14,17-19,21-23,31,42H,2,15-16,20,24-25H2,1H3/t31-/m0/s1. The fourth-order valence-corrected chi connectivity index (χ4v) is 6.99. The van der Waals surface area contributed by atoms with Crippen LogP contribution >= 0.6 is 0 Å². The molecule has 50 heavy (non-hydrogen) atoms. The van der Waals surface area contributed by atoms with Gasteiger partial charge < -0.3 is 19.7 Å². The molecular formula is C41H35N5O4. The molecule has 1 atom stereocenters. The van der Waals surface area contributed by atoms with Crippen LogP contribution in [0.5, 0.6) is 11.5 Å². The van der Waals surface area contributed by atoms with Crippen molar-refractivity contribution in [2.45, 2.75) is 32.1 Å². The maximum atomic E-state index is 13.6. The molecule has 0 aliphatic carbocycles. The van der Waals surface area contributed by atoms with Crippen molar-refractivity contribution in [1.29, 1.82) is 0 Å². The Morgan fingerprint density at radius 2 is 1.58 bits per heavy atom. The summed E-state index contributed by atoms with van der Waals surface area (Å²) in [6.45, 7) is 4.95. The third-order valence-electron chi connectivity index (χ3n) is 9.47. The van der Waals surface area contributed by atoms with E-state index in [2.05, 4.69) is 29.2 Å². The number of nitrogens with one attached hydrogen (secondary N) is 1. The minimum absolute atomic E-state index is 0.0556. The first-order valence-corrected chi connectivity index (χ1v) is 16.7. The first-order chi connectivity index (χ1) is 24.5. The van der Waals surface area contributed by atoms with Crippen molar-refractivity contribution in [3.8, 4) is 11.5 Å². The number of rotatable bonds is 9. The highest BCUT2D eigenvalue weighted by atomic mass is 16.5. The lowest BCUT2D eigenvalue weighted by molar-refractivity contribution is 0.0980. The van der Waals surface area contributed by atoms with E-state index in [1.807, 2.05) is 84.9 Å². The molecule has 9 nitrogen and oxygen atoms in total. The smallest absolute Gasteiger partial charge is 0.261 e. The zero-order chi connectivity index (χ0) is 34.2. The molecule has 0 saturated heterocycles. The summed E-state index contributed by atoms with van der Waals surface area (Å²) in [6.07, 6.45) is 3.45. The van der Waals surface area contributed by atoms with Crippen molar-refractivity contribution in [2.24, 2.45) is 9.98 Å². The van der Waals surface area contributed by atoms with Crippen molar-refractivity contribution in [3.05, 3.63) is 137 Å². The quantitative estimate of drug-likeness (QED) is 0.163. The van der Waals surface area contributed by atoms with Gasteiger partial charge in [0.2, 0.25) is 0 Å². The summed E-state index contributed by atoms with van der Waals surface area (Å²) in [4.78, 5) is 39.6. The van der Waals surface area contributed by atoms with Crippen molar-refractivity contribution < 1.29 is 19.1 Å². The normalized spacial score (nSPS) is 15.5. The van der Waals surface area contributed by atoms with E-state index in [1.165, 1.54) is 5.56 Å². The minimum atomic E-state index is -0.103. The van der Waals surface area contributed by atoms with Gasteiger partial charge in [0.15, 0.2) is 0 Å². The summed E-state index contributed by atoms with van der Waals surface area (Å²) in [5.74, 6) is 1.05. The SMILES string of the molecule is C=Nc1cc(OCc2cc(COc3ccc4c(c3)N=C[C@@H]3Cc5ccccc5N3C4=O)cc(NC)c2)ccc1C(=O)N1CCc2ccccc21. The Balaban J connectivity index is 0.944. The van der Waals surface area contributed by atoms with Gasteiger partial charge in [0.25, 0.3) is 11.8 Å². The summed E-state index contributed by atoms with van der Waals surface area (Å²) >= 11 is 0. The number of benzene rings is 5. The van der Waals surface area contributed by atoms with E-state index in [0.717, 1.165) is 46.6 Å². The molecule has 0 saturated carbocycles. The van der Waals surface area contributed by atoms with Crippen molar-refractivity contribution in [3.63, 3.8) is 0 Å². The second kappa shape index (κ2) is 13.0. The number of hydrogen-bond donors (Lipinski definition) is 1. The summed E-state index contributed by atoms with van der Waals surface area (Å²) < 4.78 is 12.4. The van der Waals surface area contributed by atoms with Crippen LogP contribution in [0.4, 0.5) is 28.4 Å². The van der Waals surface area contributed by atoms with Crippen LogP contribution in [0.15, 0.2) is 113 Å².